The lowest BCUT2D eigenvalue weighted by Gasteiger charge is -2.22. The first-order valence-corrected chi connectivity index (χ1v) is 9.70. The van der Waals surface area contributed by atoms with E-state index in [1.54, 1.807) is 12.0 Å². The van der Waals surface area contributed by atoms with Gasteiger partial charge in [-0.05, 0) is 19.3 Å². The molecule has 1 aromatic heterocycles. The van der Waals surface area contributed by atoms with E-state index in [1.165, 1.54) is 0 Å². The maximum Gasteiger partial charge on any atom is 0.242 e. The first kappa shape index (κ1) is 22.3. The fraction of sp³-hybridized carbons (Fsp3) is 0.778. The second kappa shape index (κ2) is 10.5. The van der Waals surface area contributed by atoms with Crippen LogP contribution in [0.3, 0.4) is 0 Å². The first-order valence-electron chi connectivity index (χ1n) is 9.70. The first-order chi connectivity index (χ1) is 13.3. The van der Waals surface area contributed by atoms with Crippen LogP contribution in [0.5, 0.6) is 0 Å². The summed E-state index contributed by atoms with van der Waals surface area (Å²) in [5, 5.41) is 6.57. The van der Waals surface area contributed by atoms with Crippen molar-refractivity contribution in [3.63, 3.8) is 0 Å². The third-order valence-electron chi connectivity index (χ3n) is 4.94. The molecule has 158 valence electrons. The number of carbonyl (C=O) groups excluding carboxylic acids is 2. The van der Waals surface area contributed by atoms with Crippen molar-refractivity contribution in [2.45, 2.75) is 45.9 Å². The Bertz CT molecular complexity index is 650. The Balaban J connectivity index is 1.80. The standard InChI is InChI=1S/C18H32N6O4/c1-12(2)16(19)18(26)20-10-15(25)24-7-5-6-23(8-9-24)11-14-21-17(22-28-14)13(3)27-4/h12-13,16H,5-11,19H2,1-4H3,(H,20,26)/t13?,16-/m0/s1. The fourth-order valence-corrected chi connectivity index (χ4v) is 2.87. The van der Waals surface area contributed by atoms with Gasteiger partial charge in [-0.25, -0.2) is 0 Å². The molecule has 2 rings (SSSR count). The Morgan fingerprint density at radius 1 is 1.25 bits per heavy atom. The Morgan fingerprint density at radius 3 is 2.68 bits per heavy atom. The van der Waals surface area contributed by atoms with Crippen molar-refractivity contribution >= 4 is 11.8 Å². The molecule has 1 unspecified atom stereocenters. The van der Waals surface area contributed by atoms with Gasteiger partial charge in [0.1, 0.15) is 6.10 Å². The van der Waals surface area contributed by atoms with Crippen LogP contribution in [0.1, 0.15) is 45.0 Å². The second-order valence-electron chi connectivity index (χ2n) is 7.42. The summed E-state index contributed by atoms with van der Waals surface area (Å²) in [7, 11) is 1.60. The van der Waals surface area contributed by atoms with Crippen molar-refractivity contribution in [2.24, 2.45) is 11.7 Å². The van der Waals surface area contributed by atoms with Crippen molar-refractivity contribution in [3.8, 4) is 0 Å². The number of nitrogens with one attached hydrogen (secondary N) is 1. The number of aromatic nitrogens is 2. The van der Waals surface area contributed by atoms with Crippen LogP contribution in [0, 0.1) is 5.92 Å². The predicted octanol–water partition coefficient (Wildman–Crippen LogP) is -0.0892. The lowest BCUT2D eigenvalue weighted by atomic mass is 10.1. The van der Waals surface area contributed by atoms with Crippen LogP contribution < -0.4 is 11.1 Å². The number of nitrogens with zero attached hydrogens (tertiary/aromatic N) is 4. The topological polar surface area (TPSA) is 127 Å². The number of carbonyl (C=O) groups is 2. The smallest absolute Gasteiger partial charge is 0.242 e. The molecule has 2 heterocycles. The quantitative estimate of drug-likeness (QED) is 0.624. The highest BCUT2D eigenvalue weighted by Crippen LogP contribution is 2.13. The van der Waals surface area contributed by atoms with E-state index in [0.717, 1.165) is 13.0 Å². The highest BCUT2D eigenvalue weighted by Gasteiger charge is 2.23. The van der Waals surface area contributed by atoms with E-state index in [2.05, 4.69) is 20.4 Å². The minimum Gasteiger partial charge on any atom is -0.374 e. The number of hydrogen-bond donors (Lipinski definition) is 2. The highest BCUT2D eigenvalue weighted by molar-refractivity contribution is 5.87. The van der Waals surface area contributed by atoms with E-state index in [1.807, 2.05) is 20.8 Å². The summed E-state index contributed by atoms with van der Waals surface area (Å²) < 4.78 is 10.5. The molecule has 3 N–H and O–H groups in total. The lowest BCUT2D eigenvalue weighted by molar-refractivity contribution is -0.133. The number of methoxy groups -OCH3 is 1. The highest BCUT2D eigenvalue weighted by atomic mass is 16.5. The third kappa shape index (κ3) is 6.25. The Labute approximate surface area is 165 Å². The molecule has 10 heteroatoms. The number of amides is 2. The maximum atomic E-state index is 12.4. The molecule has 0 aromatic carbocycles. The van der Waals surface area contributed by atoms with Gasteiger partial charge >= 0.3 is 0 Å². The van der Waals surface area contributed by atoms with Gasteiger partial charge in [-0.2, -0.15) is 4.98 Å². The molecule has 1 saturated heterocycles. The summed E-state index contributed by atoms with van der Waals surface area (Å²) in [6.45, 7) is 8.87. The Hall–Kier alpha value is -2.04. The Kier molecular flexibility index (Phi) is 8.34. The molecule has 2 amide bonds. The number of hydrogen-bond acceptors (Lipinski definition) is 8. The zero-order valence-corrected chi connectivity index (χ0v) is 17.2. The predicted molar refractivity (Wildman–Crippen MR) is 102 cm³/mol. The molecule has 0 radical (unpaired) electrons. The van der Waals surface area contributed by atoms with Gasteiger partial charge in [-0.1, -0.05) is 19.0 Å². The second-order valence-corrected chi connectivity index (χ2v) is 7.42. The fourth-order valence-electron chi connectivity index (χ4n) is 2.87. The zero-order valence-electron chi connectivity index (χ0n) is 17.2. The summed E-state index contributed by atoms with van der Waals surface area (Å²) in [5.74, 6) is 0.699. The van der Waals surface area contributed by atoms with Crippen molar-refractivity contribution in [1.29, 1.82) is 0 Å². The number of rotatable bonds is 8. The van der Waals surface area contributed by atoms with Crippen LogP contribution in [-0.2, 0) is 20.9 Å². The molecule has 10 nitrogen and oxygen atoms in total. The summed E-state index contributed by atoms with van der Waals surface area (Å²) >= 11 is 0. The molecule has 1 fully saturated rings. The van der Waals surface area contributed by atoms with E-state index >= 15 is 0 Å². The van der Waals surface area contributed by atoms with Crippen LogP contribution in [-0.4, -0.2) is 77.6 Å². The van der Waals surface area contributed by atoms with Crippen LogP contribution in [0.25, 0.3) is 0 Å². The maximum absolute atomic E-state index is 12.4. The molecule has 0 aliphatic carbocycles. The molecular weight excluding hydrogens is 364 g/mol. The minimum atomic E-state index is -0.604. The molecule has 28 heavy (non-hydrogen) atoms. The molecule has 1 aliphatic heterocycles. The largest absolute Gasteiger partial charge is 0.374 e. The molecule has 2 atom stereocenters. The third-order valence-corrected chi connectivity index (χ3v) is 4.94. The van der Waals surface area contributed by atoms with Gasteiger partial charge in [-0.3, -0.25) is 14.5 Å². The Morgan fingerprint density at radius 2 is 2.00 bits per heavy atom. The van der Waals surface area contributed by atoms with E-state index in [9.17, 15) is 9.59 Å². The van der Waals surface area contributed by atoms with Crippen LogP contribution >= 0.6 is 0 Å². The van der Waals surface area contributed by atoms with Gasteiger partial charge in [0.05, 0.1) is 19.1 Å². The summed E-state index contributed by atoms with van der Waals surface area (Å²) in [6, 6.07) is -0.604. The van der Waals surface area contributed by atoms with Crippen molar-refractivity contribution in [3.05, 3.63) is 11.7 Å². The van der Waals surface area contributed by atoms with Gasteiger partial charge in [0.15, 0.2) is 5.82 Å². The summed E-state index contributed by atoms with van der Waals surface area (Å²) in [6.07, 6.45) is 0.620. The normalized spacial score (nSPS) is 18.0. The van der Waals surface area contributed by atoms with Gasteiger partial charge in [0.25, 0.3) is 0 Å². The molecule has 1 aromatic rings. The summed E-state index contributed by atoms with van der Waals surface area (Å²) in [4.78, 5) is 32.6. The summed E-state index contributed by atoms with van der Waals surface area (Å²) in [5.41, 5.74) is 5.80. The van der Waals surface area contributed by atoms with Crippen LogP contribution in [0.15, 0.2) is 4.52 Å². The van der Waals surface area contributed by atoms with Crippen molar-refractivity contribution < 1.29 is 18.8 Å². The van der Waals surface area contributed by atoms with E-state index < -0.39 is 6.04 Å². The average molecular weight is 396 g/mol. The lowest BCUT2D eigenvalue weighted by Crippen LogP contribution is -2.48. The molecule has 0 spiro atoms. The van der Waals surface area contributed by atoms with E-state index in [-0.39, 0.29) is 30.4 Å². The van der Waals surface area contributed by atoms with Gasteiger partial charge in [0, 0.05) is 33.3 Å². The van der Waals surface area contributed by atoms with Gasteiger partial charge in [0.2, 0.25) is 17.7 Å². The molecule has 0 saturated carbocycles. The zero-order chi connectivity index (χ0) is 20.7. The molecule has 0 bridgehead atoms. The van der Waals surface area contributed by atoms with Gasteiger partial charge in [-0.15, -0.1) is 0 Å². The molecule has 1 aliphatic rings. The SMILES string of the molecule is COC(C)c1noc(CN2CCCN(C(=O)CNC(=O)[C@@H](N)C(C)C)CC2)n1. The van der Waals surface area contributed by atoms with Crippen LogP contribution in [0.4, 0.5) is 0 Å². The number of ether oxygens (including phenoxy) is 1. The van der Waals surface area contributed by atoms with Crippen molar-refractivity contribution in [1.82, 2.24) is 25.3 Å². The van der Waals surface area contributed by atoms with Gasteiger partial charge < -0.3 is 25.2 Å². The number of nitrogens with two attached hydrogens (primary N) is 1. The minimum absolute atomic E-state index is 0.0266. The average Bonchev–Trinajstić information content (AvgIpc) is 3.02. The van der Waals surface area contributed by atoms with E-state index in [4.69, 9.17) is 15.0 Å². The van der Waals surface area contributed by atoms with Crippen molar-refractivity contribution in [2.75, 3.05) is 39.8 Å². The monoisotopic (exact) mass is 396 g/mol. The van der Waals surface area contributed by atoms with Crippen LogP contribution in [0.2, 0.25) is 0 Å². The van der Waals surface area contributed by atoms with E-state index in [0.29, 0.717) is 37.9 Å². The molecular formula is C18H32N6O4.